The molecule has 0 heterocycles. The average Bonchev–Trinajstić information content (AvgIpc) is 3.30. The highest BCUT2D eigenvalue weighted by Gasteiger charge is 2.25. The van der Waals surface area contributed by atoms with E-state index in [9.17, 15) is 0 Å². The Hall–Kier alpha value is -7.54. The van der Waals surface area contributed by atoms with Crippen LogP contribution in [0.15, 0.2) is 218 Å². The highest BCUT2D eigenvalue weighted by molar-refractivity contribution is 6.29. The molecule has 12 aromatic carbocycles. The Morgan fingerprint density at radius 1 is 0.172 bits per heavy atom. The standard InChI is InChI=1S/C58H36/c1-3-17-37(18-4-1)52-36-54-41-22-8-7-19-38(41)31-34-51(54)56(39-20-5-2-6-21-39)58(52)57-49-29-15-13-27-47(49)55(48-28-14-16-30-50(48)57)40-32-33-46-44-25-10-9-23-42(44)43-24-11-12-26-45(43)53(46)35-40/h1-36H. The summed E-state index contributed by atoms with van der Waals surface area (Å²) in [6.45, 7) is 0. The van der Waals surface area contributed by atoms with Crippen molar-refractivity contribution in [3.63, 3.8) is 0 Å². The number of rotatable bonds is 4. The van der Waals surface area contributed by atoms with E-state index in [1.807, 2.05) is 0 Å². The first-order chi connectivity index (χ1) is 28.8. The maximum absolute atomic E-state index is 2.46. The summed E-state index contributed by atoms with van der Waals surface area (Å²) in [5.74, 6) is 0. The summed E-state index contributed by atoms with van der Waals surface area (Å²) in [6, 6.07) is 81.0. The van der Waals surface area contributed by atoms with E-state index >= 15 is 0 Å². The molecule has 0 fully saturated rings. The first-order valence-corrected chi connectivity index (χ1v) is 20.2. The third-order valence-corrected chi connectivity index (χ3v) is 12.4. The van der Waals surface area contributed by atoms with Gasteiger partial charge in [0.2, 0.25) is 0 Å². The smallest absolute Gasteiger partial charge is 0.000786 e. The Balaban J connectivity index is 1.25. The largest absolute Gasteiger partial charge is 0.0622 e. The molecule has 0 spiro atoms. The molecule has 0 aliphatic heterocycles. The normalized spacial score (nSPS) is 11.8. The average molecular weight is 733 g/mol. The van der Waals surface area contributed by atoms with Crippen molar-refractivity contribution < 1.29 is 0 Å². The maximum Gasteiger partial charge on any atom is -0.000786 e. The summed E-state index contributed by atoms with van der Waals surface area (Å²) in [5, 5.41) is 17.7. The lowest BCUT2D eigenvalue weighted by Gasteiger charge is -2.24. The predicted molar refractivity (Wildman–Crippen MR) is 251 cm³/mol. The van der Waals surface area contributed by atoms with Crippen molar-refractivity contribution in [2.75, 3.05) is 0 Å². The van der Waals surface area contributed by atoms with Crippen molar-refractivity contribution in [3.8, 4) is 44.5 Å². The lowest BCUT2D eigenvalue weighted by atomic mass is 9.78. The van der Waals surface area contributed by atoms with E-state index in [2.05, 4.69) is 218 Å². The van der Waals surface area contributed by atoms with Crippen molar-refractivity contribution in [1.82, 2.24) is 0 Å². The first kappa shape index (κ1) is 32.7. The molecule has 0 aliphatic rings. The number of hydrogen-bond donors (Lipinski definition) is 0. The van der Waals surface area contributed by atoms with Crippen LogP contribution in [0.5, 0.6) is 0 Å². The van der Waals surface area contributed by atoms with Gasteiger partial charge in [0, 0.05) is 0 Å². The molecule has 12 aromatic rings. The van der Waals surface area contributed by atoms with Gasteiger partial charge in [0.1, 0.15) is 0 Å². The molecule has 0 aliphatic carbocycles. The van der Waals surface area contributed by atoms with Crippen molar-refractivity contribution >= 4 is 75.4 Å². The molecule has 0 saturated carbocycles. The molecule has 0 N–H and O–H groups in total. The molecule has 12 rings (SSSR count). The molecule has 268 valence electrons. The second kappa shape index (κ2) is 13.0. The minimum atomic E-state index is 1.20. The quantitative estimate of drug-likeness (QED) is 0.125. The van der Waals surface area contributed by atoms with Crippen molar-refractivity contribution in [3.05, 3.63) is 218 Å². The van der Waals surface area contributed by atoms with E-state index in [-0.39, 0.29) is 0 Å². The molecule has 0 radical (unpaired) electrons. The maximum atomic E-state index is 2.46. The Kier molecular flexibility index (Phi) is 7.33. The van der Waals surface area contributed by atoms with Crippen LogP contribution in [-0.4, -0.2) is 0 Å². The van der Waals surface area contributed by atoms with E-state index in [0.29, 0.717) is 0 Å². The van der Waals surface area contributed by atoms with Gasteiger partial charge in [0.25, 0.3) is 0 Å². The van der Waals surface area contributed by atoms with Gasteiger partial charge in [-0.05, 0) is 132 Å². The Morgan fingerprint density at radius 3 is 1.16 bits per heavy atom. The molecule has 0 nitrogen and oxygen atoms in total. The van der Waals surface area contributed by atoms with Gasteiger partial charge in [-0.15, -0.1) is 0 Å². The third-order valence-electron chi connectivity index (χ3n) is 12.4. The minimum absolute atomic E-state index is 1.20. The van der Waals surface area contributed by atoms with Gasteiger partial charge in [-0.2, -0.15) is 0 Å². The third kappa shape index (κ3) is 4.89. The number of fused-ring (bicyclic) bond motifs is 11. The number of benzene rings is 12. The Morgan fingerprint density at radius 2 is 0.569 bits per heavy atom. The van der Waals surface area contributed by atoms with E-state index in [0.717, 1.165) is 0 Å². The van der Waals surface area contributed by atoms with Crippen molar-refractivity contribution in [1.29, 1.82) is 0 Å². The molecular weight excluding hydrogens is 697 g/mol. The van der Waals surface area contributed by atoms with Gasteiger partial charge in [-0.1, -0.05) is 206 Å². The molecule has 0 atom stereocenters. The summed E-state index contributed by atoms with van der Waals surface area (Å²) < 4.78 is 0. The fraction of sp³-hybridized carbons (Fsp3) is 0. The van der Waals surface area contributed by atoms with Crippen LogP contribution in [0.1, 0.15) is 0 Å². The van der Waals surface area contributed by atoms with Gasteiger partial charge < -0.3 is 0 Å². The second-order valence-electron chi connectivity index (χ2n) is 15.5. The fourth-order valence-corrected chi connectivity index (χ4v) is 9.94. The van der Waals surface area contributed by atoms with Crippen LogP contribution in [0.3, 0.4) is 0 Å². The van der Waals surface area contributed by atoms with Crippen LogP contribution in [-0.2, 0) is 0 Å². The Bertz CT molecular complexity index is 3500. The van der Waals surface area contributed by atoms with Gasteiger partial charge >= 0.3 is 0 Å². The summed E-state index contributed by atoms with van der Waals surface area (Å²) in [4.78, 5) is 0. The topological polar surface area (TPSA) is 0 Å². The zero-order valence-electron chi connectivity index (χ0n) is 31.8. The molecule has 0 unspecified atom stereocenters. The molecular formula is C58H36. The first-order valence-electron chi connectivity index (χ1n) is 20.2. The molecule has 0 heteroatoms. The van der Waals surface area contributed by atoms with Crippen molar-refractivity contribution in [2.24, 2.45) is 0 Å². The predicted octanol–water partition coefficient (Wildman–Crippen LogP) is 16.4. The zero-order valence-corrected chi connectivity index (χ0v) is 31.8. The van der Waals surface area contributed by atoms with Gasteiger partial charge in [0.05, 0.1) is 0 Å². The van der Waals surface area contributed by atoms with E-state index in [1.165, 1.54) is 120 Å². The van der Waals surface area contributed by atoms with Crippen LogP contribution >= 0.6 is 0 Å². The number of hydrogen-bond acceptors (Lipinski definition) is 0. The summed E-state index contributed by atoms with van der Waals surface area (Å²) in [7, 11) is 0. The van der Waals surface area contributed by atoms with Crippen molar-refractivity contribution in [2.45, 2.75) is 0 Å². The summed E-state index contributed by atoms with van der Waals surface area (Å²) >= 11 is 0. The second-order valence-corrected chi connectivity index (χ2v) is 15.5. The van der Waals surface area contributed by atoms with Gasteiger partial charge in [-0.3, -0.25) is 0 Å². The monoisotopic (exact) mass is 732 g/mol. The van der Waals surface area contributed by atoms with Crippen LogP contribution in [0.4, 0.5) is 0 Å². The summed E-state index contributed by atoms with van der Waals surface area (Å²) in [6.07, 6.45) is 0. The van der Waals surface area contributed by atoms with Crippen LogP contribution in [0.25, 0.3) is 120 Å². The lowest BCUT2D eigenvalue weighted by Crippen LogP contribution is -1.97. The molecule has 58 heavy (non-hydrogen) atoms. The van der Waals surface area contributed by atoms with Gasteiger partial charge in [-0.25, -0.2) is 0 Å². The zero-order chi connectivity index (χ0) is 38.2. The highest BCUT2D eigenvalue weighted by atomic mass is 14.3. The molecule has 0 aromatic heterocycles. The lowest BCUT2D eigenvalue weighted by molar-refractivity contribution is 1.61. The Labute approximate surface area is 336 Å². The highest BCUT2D eigenvalue weighted by Crippen LogP contribution is 2.52. The molecule has 0 bridgehead atoms. The van der Waals surface area contributed by atoms with Crippen LogP contribution < -0.4 is 0 Å². The SMILES string of the molecule is c1ccc(-c2cc3c(ccc4ccccc43)c(-c3ccccc3)c2-c2c3ccccc3c(-c3ccc4c5ccccc5c5ccccc5c4c3)c3ccccc23)cc1. The van der Waals surface area contributed by atoms with E-state index < -0.39 is 0 Å². The fourth-order valence-electron chi connectivity index (χ4n) is 9.94. The van der Waals surface area contributed by atoms with E-state index in [4.69, 9.17) is 0 Å². The van der Waals surface area contributed by atoms with Crippen LogP contribution in [0, 0.1) is 0 Å². The molecule has 0 amide bonds. The summed E-state index contributed by atoms with van der Waals surface area (Å²) in [5.41, 5.74) is 9.92. The molecule has 0 saturated heterocycles. The van der Waals surface area contributed by atoms with E-state index in [1.54, 1.807) is 0 Å². The van der Waals surface area contributed by atoms with Gasteiger partial charge in [0.15, 0.2) is 0 Å². The van der Waals surface area contributed by atoms with Crippen LogP contribution in [0.2, 0.25) is 0 Å². The minimum Gasteiger partial charge on any atom is -0.0622 e.